The lowest BCUT2D eigenvalue weighted by atomic mass is 10.2. The lowest BCUT2D eigenvalue weighted by Crippen LogP contribution is -2.37. The molecule has 1 aromatic carbocycles. The van der Waals surface area contributed by atoms with Gasteiger partial charge in [-0.15, -0.1) is 24.0 Å². The van der Waals surface area contributed by atoms with Crippen LogP contribution in [0.4, 0.5) is 0 Å². The number of nitrogens with one attached hydrogen (secondary N) is 2. The van der Waals surface area contributed by atoms with Crippen LogP contribution in [-0.2, 0) is 20.1 Å². The molecule has 0 atom stereocenters. The number of benzene rings is 1. The van der Waals surface area contributed by atoms with Crippen molar-refractivity contribution in [3.8, 4) is 11.5 Å². The van der Waals surface area contributed by atoms with Gasteiger partial charge in [0.25, 0.3) is 0 Å². The average Bonchev–Trinajstić information content (AvgIpc) is 3.02. The van der Waals surface area contributed by atoms with Crippen LogP contribution in [0.2, 0.25) is 0 Å². The first kappa shape index (κ1) is 22.5. The van der Waals surface area contributed by atoms with Gasteiger partial charge >= 0.3 is 0 Å². The van der Waals surface area contributed by atoms with Gasteiger partial charge in [-0.05, 0) is 24.6 Å². The van der Waals surface area contributed by atoms with Crippen LogP contribution in [0.5, 0.6) is 11.5 Å². The smallest absolute Gasteiger partial charge is 0.191 e. The minimum Gasteiger partial charge on any atom is -0.493 e. The maximum Gasteiger partial charge on any atom is 0.191 e. The van der Waals surface area contributed by atoms with Crippen molar-refractivity contribution in [2.75, 3.05) is 20.8 Å². The molecule has 0 saturated carbocycles. The van der Waals surface area contributed by atoms with Crippen molar-refractivity contribution in [2.24, 2.45) is 12.0 Å². The SMILES string of the molecule is CCNC(=NCc1cc(OC)c(OC)cc1Br)NCc1ncnn1C.I. The number of methoxy groups -OCH3 is 2. The number of aromatic nitrogens is 3. The Morgan fingerprint density at radius 3 is 2.50 bits per heavy atom. The third kappa shape index (κ3) is 6.01. The lowest BCUT2D eigenvalue weighted by molar-refractivity contribution is 0.354. The largest absolute Gasteiger partial charge is 0.493 e. The van der Waals surface area contributed by atoms with Crippen LogP contribution in [0.25, 0.3) is 0 Å². The first-order chi connectivity index (χ1) is 12.1. The molecule has 0 saturated heterocycles. The molecule has 0 bridgehead atoms. The molecule has 0 radical (unpaired) electrons. The van der Waals surface area contributed by atoms with Crippen LogP contribution in [0, 0.1) is 0 Å². The molecule has 26 heavy (non-hydrogen) atoms. The van der Waals surface area contributed by atoms with Crippen molar-refractivity contribution in [1.29, 1.82) is 0 Å². The van der Waals surface area contributed by atoms with Crippen molar-refractivity contribution in [1.82, 2.24) is 25.4 Å². The second kappa shape index (κ2) is 11.2. The third-order valence-corrected chi connectivity index (χ3v) is 4.26. The third-order valence-electron chi connectivity index (χ3n) is 3.52. The molecule has 8 nitrogen and oxygen atoms in total. The number of aryl methyl sites for hydroxylation is 1. The van der Waals surface area contributed by atoms with Gasteiger partial charge in [0.1, 0.15) is 12.2 Å². The van der Waals surface area contributed by atoms with Crippen LogP contribution in [-0.4, -0.2) is 41.5 Å². The number of hydrogen-bond acceptors (Lipinski definition) is 5. The van der Waals surface area contributed by atoms with Gasteiger partial charge in [-0.3, -0.25) is 4.68 Å². The molecule has 1 heterocycles. The Kier molecular flexibility index (Phi) is 9.70. The Balaban J connectivity index is 0.00000338. The molecule has 0 unspecified atom stereocenters. The summed E-state index contributed by atoms with van der Waals surface area (Å²) in [6.45, 7) is 3.80. The predicted octanol–water partition coefficient (Wildman–Crippen LogP) is 2.47. The lowest BCUT2D eigenvalue weighted by Gasteiger charge is -2.13. The van der Waals surface area contributed by atoms with Gasteiger partial charge in [-0.25, -0.2) is 9.98 Å². The van der Waals surface area contributed by atoms with E-state index in [-0.39, 0.29) is 24.0 Å². The second-order valence-electron chi connectivity index (χ2n) is 5.15. The number of aliphatic imine (C=N–C) groups is 1. The quantitative estimate of drug-likeness (QED) is 0.320. The zero-order chi connectivity index (χ0) is 18.2. The summed E-state index contributed by atoms with van der Waals surface area (Å²) < 4.78 is 13.3. The average molecular weight is 539 g/mol. The molecule has 0 fully saturated rings. The van der Waals surface area contributed by atoms with Crippen LogP contribution in [0.1, 0.15) is 18.3 Å². The predicted molar refractivity (Wildman–Crippen MR) is 115 cm³/mol. The Morgan fingerprint density at radius 1 is 1.23 bits per heavy atom. The van der Waals surface area contributed by atoms with Crippen LogP contribution in [0.3, 0.4) is 0 Å². The van der Waals surface area contributed by atoms with Gasteiger partial charge in [0.2, 0.25) is 0 Å². The number of halogens is 2. The van der Waals surface area contributed by atoms with Gasteiger partial charge in [-0.2, -0.15) is 5.10 Å². The zero-order valence-electron chi connectivity index (χ0n) is 15.2. The van der Waals surface area contributed by atoms with Gasteiger partial charge < -0.3 is 20.1 Å². The molecule has 1 aromatic heterocycles. The molecule has 2 aromatic rings. The summed E-state index contributed by atoms with van der Waals surface area (Å²) in [5.74, 6) is 2.88. The second-order valence-corrected chi connectivity index (χ2v) is 6.00. The van der Waals surface area contributed by atoms with Crippen molar-refractivity contribution in [3.05, 3.63) is 34.3 Å². The molecular formula is C16H24BrIN6O2. The summed E-state index contributed by atoms with van der Waals surface area (Å²) in [5, 5.41) is 10.5. The number of hydrogen-bond donors (Lipinski definition) is 2. The van der Waals surface area contributed by atoms with Crippen LogP contribution < -0.4 is 20.1 Å². The molecule has 0 aliphatic carbocycles. The summed E-state index contributed by atoms with van der Waals surface area (Å²) >= 11 is 3.55. The van der Waals surface area contributed by atoms with E-state index in [0.717, 1.165) is 22.4 Å². The van der Waals surface area contributed by atoms with Crippen molar-refractivity contribution < 1.29 is 9.47 Å². The van der Waals surface area contributed by atoms with Crippen molar-refractivity contribution in [2.45, 2.75) is 20.0 Å². The number of ether oxygens (including phenoxy) is 2. The maximum absolute atomic E-state index is 5.35. The van der Waals surface area contributed by atoms with E-state index in [1.54, 1.807) is 18.9 Å². The van der Waals surface area contributed by atoms with Gasteiger partial charge in [0, 0.05) is 18.1 Å². The van der Waals surface area contributed by atoms with Crippen LogP contribution in [0.15, 0.2) is 27.9 Å². The number of guanidine groups is 1. The highest BCUT2D eigenvalue weighted by Crippen LogP contribution is 2.33. The maximum atomic E-state index is 5.35. The molecule has 0 spiro atoms. The topological polar surface area (TPSA) is 85.6 Å². The zero-order valence-corrected chi connectivity index (χ0v) is 19.2. The van der Waals surface area contributed by atoms with E-state index in [2.05, 4.69) is 41.6 Å². The van der Waals surface area contributed by atoms with E-state index >= 15 is 0 Å². The van der Waals surface area contributed by atoms with E-state index in [1.165, 1.54) is 6.33 Å². The molecular weight excluding hydrogens is 515 g/mol. The Bertz CT molecular complexity index is 738. The first-order valence-electron chi connectivity index (χ1n) is 7.84. The summed E-state index contributed by atoms with van der Waals surface area (Å²) in [7, 11) is 5.09. The monoisotopic (exact) mass is 538 g/mol. The molecule has 0 aliphatic rings. The molecule has 2 rings (SSSR count). The molecule has 0 amide bonds. The van der Waals surface area contributed by atoms with E-state index in [9.17, 15) is 0 Å². The Morgan fingerprint density at radius 2 is 1.92 bits per heavy atom. The van der Waals surface area contributed by atoms with Crippen molar-refractivity contribution >= 4 is 45.9 Å². The molecule has 2 N–H and O–H groups in total. The highest BCUT2D eigenvalue weighted by atomic mass is 127. The van der Waals surface area contributed by atoms with Crippen molar-refractivity contribution in [3.63, 3.8) is 0 Å². The van der Waals surface area contributed by atoms with Gasteiger partial charge in [0.15, 0.2) is 17.5 Å². The van der Waals surface area contributed by atoms with Gasteiger partial charge in [-0.1, -0.05) is 15.9 Å². The van der Waals surface area contributed by atoms with E-state index in [0.29, 0.717) is 30.5 Å². The molecule has 10 heteroatoms. The molecule has 144 valence electrons. The Labute approximate surface area is 178 Å². The highest BCUT2D eigenvalue weighted by molar-refractivity contribution is 14.0. The van der Waals surface area contributed by atoms with Gasteiger partial charge in [0.05, 0.1) is 27.3 Å². The fourth-order valence-electron chi connectivity index (χ4n) is 2.17. The summed E-state index contributed by atoms with van der Waals surface area (Å²) in [6.07, 6.45) is 1.53. The normalized spacial score (nSPS) is 10.9. The Hall–Kier alpha value is -1.56. The number of nitrogens with zero attached hydrogens (tertiary/aromatic N) is 4. The fourth-order valence-corrected chi connectivity index (χ4v) is 2.61. The standard InChI is InChI=1S/C16H23BrN6O2.HI/c1-5-18-16(20-9-15-21-10-22-23(15)2)19-8-11-6-13(24-3)14(25-4)7-12(11)17;/h6-7,10H,5,8-9H2,1-4H3,(H2,18,19,20);1H. The minimum atomic E-state index is 0. The summed E-state index contributed by atoms with van der Waals surface area (Å²) in [6, 6.07) is 3.79. The molecule has 0 aliphatic heterocycles. The van der Waals surface area contributed by atoms with E-state index in [1.807, 2.05) is 26.1 Å². The number of rotatable bonds is 7. The highest BCUT2D eigenvalue weighted by Gasteiger charge is 2.10. The van der Waals surface area contributed by atoms with E-state index in [4.69, 9.17) is 9.47 Å². The minimum absolute atomic E-state index is 0. The summed E-state index contributed by atoms with van der Waals surface area (Å²) in [5.41, 5.74) is 0.994. The van der Waals surface area contributed by atoms with Crippen LogP contribution >= 0.6 is 39.9 Å². The van der Waals surface area contributed by atoms with E-state index < -0.39 is 0 Å². The first-order valence-corrected chi connectivity index (χ1v) is 8.63. The fraction of sp³-hybridized carbons (Fsp3) is 0.438. The summed E-state index contributed by atoms with van der Waals surface area (Å²) in [4.78, 5) is 8.81.